The number of aliphatic carboxylic acids is 1. The number of carboxylic acids is 1. The molecule has 0 spiro atoms. The highest BCUT2D eigenvalue weighted by molar-refractivity contribution is 7.89. The Morgan fingerprint density at radius 3 is 2.04 bits per heavy atom. The molecule has 0 aliphatic carbocycles. The average molecular weight is 361 g/mol. The average Bonchev–Trinajstić information content (AvgIpc) is 2.53. The topological polar surface area (TPSA) is 83.5 Å². The molecule has 0 saturated heterocycles. The fourth-order valence-corrected chi connectivity index (χ4v) is 4.66. The van der Waals surface area contributed by atoms with Crippen molar-refractivity contribution in [3.8, 4) is 0 Å². The minimum Gasteiger partial charge on any atom is -0.480 e. The van der Waals surface area contributed by atoms with Crippen LogP contribution >= 0.6 is 0 Å². The van der Waals surface area contributed by atoms with Gasteiger partial charge in [-0.2, -0.15) is 4.72 Å². The maximum Gasteiger partial charge on any atom is 0.322 e. The van der Waals surface area contributed by atoms with Crippen molar-refractivity contribution in [1.82, 2.24) is 4.72 Å². The predicted molar refractivity (Wildman–Crippen MR) is 97.3 cm³/mol. The van der Waals surface area contributed by atoms with E-state index >= 15 is 0 Å². The summed E-state index contributed by atoms with van der Waals surface area (Å²) in [5.41, 5.74) is 3.75. The van der Waals surface area contributed by atoms with E-state index in [2.05, 4.69) is 4.72 Å². The summed E-state index contributed by atoms with van der Waals surface area (Å²) in [6, 6.07) is 9.66. The Morgan fingerprint density at radius 2 is 1.56 bits per heavy atom. The number of carbonyl (C=O) groups is 1. The van der Waals surface area contributed by atoms with Gasteiger partial charge in [-0.05, 0) is 61.9 Å². The van der Waals surface area contributed by atoms with E-state index in [1.165, 1.54) is 0 Å². The molecule has 6 heteroatoms. The van der Waals surface area contributed by atoms with Crippen LogP contribution in [0.25, 0.3) is 0 Å². The Balaban J connectivity index is 2.41. The van der Waals surface area contributed by atoms with E-state index in [4.69, 9.17) is 0 Å². The van der Waals surface area contributed by atoms with E-state index in [0.717, 1.165) is 16.7 Å². The Labute approximate surface area is 148 Å². The number of hydrogen-bond acceptors (Lipinski definition) is 3. The van der Waals surface area contributed by atoms with Crippen LogP contribution in [0.15, 0.2) is 41.3 Å². The second-order valence-corrected chi connectivity index (χ2v) is 7.94. The first-order chi connectivity index (χ1) is 11.6. The molecule has 25 heavy (non-hydrogen) atoms. The number of carboxylic acid groups (broad SMARTS) is 1. The van der Waals surface area contributed by atoms with Gasteiger partial charge in [-0.25, -0.2) is 8.42 Å². The fraction of sp³-hybridized carbons (Fsp3) is 0.316. The largest absolute Gasteiger partial charge is 0.480 e. The van der Waals surface area contributed by atoms with Crippen molar-refractivity contribution in [1.29, 1.82) is 0 Å². The van der Waals surface area contributed by atoms with E-state index in [1.54, 1.807) is 38.1 Å². The lowest BCUT2D eigenvalue weighted by atomic mass is 10.0. The molecule has 2 aromatic carbocycles. The summed E-state index contributed by atoms with van der Waals surface area (Å²) in [5, 5.41) is 9.47. The predicted octanol–water partition coefficient (Wildman–Crippen LogP) is 2.89. The molecule has 134 valence electrons. The second-order valence-electron chi connectivity index (χ2n) is 6.29. The summed E-state index contributed by atoms with van der Waals surface area (Å²) >= 11 is 0. The lowest BCUT2D eigenvalue weighted by Crippen LogP contribution is -2.42. The molecule has 0 saturated carbocycles. The van der Waals surface area contributed by atoms with Crippen LogP contribution in [-0.4, -0.2) is 25.5 Å². The third-order valence-electron chi connectivity index (χ3n) is 4.44. The van der Waals surface area contributed by atoms with Gasteiger partial charge >= 0.3 is 5.97 Å². The van der Waals surface area contributed by atoms with Crippen LogP contribution in [-0.2, 0) is 21.2 Å². The number of hydrogen-bond donors (Lipinski definition) is 2. The van der Waals surface area contributed by atoms with Crippen molar-refractivity contribution in [2.24, 2.45) is 0 Å². The first kappa shape index (κ1) is 19.1. The third kappa shape index (κ3) is 4.27. The number of nitrogens with one attached hydrogen (secondary N) is 1. The van der Waals surface area contributed by atoms with Crippen molar-refractivity contribution in [2.45, 2.75) is 45.1 Å². The minimum atomic E-state index is -3.96. The molecule has 0 fully saturated rings. The zero-order valence-corrected chi connectivity index (χ0v) is 15.6. The van der Waals surface area contributed by atoms with Crippen molar-refractivity contribution in [3.63, 3.8) is 0 Å². The lowest BCUT2D eigenvalue weighted by molar-refractivity contribution is -0.138. The van der Waals surface area contributed by atoms with Gasteiger partial charge in [0.2, 0.25) is 10.0 Å². The van der Waals surface area contributed by atoms with Crippen LogP contribution < -0.4 is 4.72 Å². The molecule has 0 radical (unpaired) electrons. The van der Waals surface area contributed by atoms with E-state index in [9.17, 15) is 18.3 Å². The van der Waals surface area contributed by atoms with Gasteiger partial charge in [0.1, 0.15) is 6.04 Å². The molecular formula is C19H23NO4S. The summed E-state index contributed by atoms with van der Waals surface area (Å²) in [6.07, 6.45) is 0.0816. The molecule has 0 bridgehead atoms. The molecule has 0 aliphatic rings. The summed E-state index contributed by atoms with van der Waals surface area (Å²) in [4.78, 5) is 11.8. The minimum absolute atomic E-state index is 0.0816. The van der Waals surface area contributed by atoms with E-state index in [1.807, 2.05) is 26.0 Å². The third-order valence-corrected chi connectivity index (χ3v) is 6.19. The quantitative estimate of drug-likeness (QED) is 0.829. The second kappa shape index (κ2) is 7.37. The van der Waals surface area contributed by atoms with Gasteiger partial charge in [-0.3, -0.25) is 4.79 Å². The van der Waals surface area contributed by atoms with Gasteiger partial charge < -0.3 is 5.11 Å². The van der Waals surface area contributed by atoms with Crippen LogP contribution in [0.3, 0.4) is 0 Å². The molecule has 0 amide bonds. The van der Waals surface area contributed by atoms with Gasteiger partial charge in [-0.1, -0.05) is 36.4 Å². The molecule has 1 atom stereocenters. The maximum absolute atomic E-state index is 12.9. The van der Waals surface area contributed by atoms with Crippen molar-refractivity contribution in [3.05, 3.63) is 64.2 Å². The Hall–Kier alpha value is -2.18. The molecule has 0 heterocycles. The zero-order chi connectivity index (χ0) is 18.8. The number of sulfonamides is 1. The normalized spacial score (nSPS) is 12.8. The van der Waals surface area contributed by atoms with Crippen molar-refractivity contribution >= 4 is 16.0 Å². The molecule has 2 aromatic rings. The molecule has 0 unspecified atom stereocenters. The number of aryl methyl sites for hydroxylation is 2. The molecule has 0 aromatic heterocycles. The summed E-state index contributed by atoms with van der Waals surface area (Å²) in [7, 11) is -3.96. The number of rotatable bonds is 6. The van der Waals surface area contributed by atoms with Gasteiger partial charge in [0.05, 0.1) is 4.90 Å². The maximum atomic E-state index is 12.9. The van der Waals surface area contributed by atoms with Gasteiger partial charge in [-0.15, -0.1) is 0 Å². The lowest BCUT2D eigenvalue weighted by Gasteiger charge is -2.19. The summed E-state index contributed by atoms with van der Waals surface area (Å²) < 4.78 is 28.2. The van der Waals surface area contributed by atoms with Gasteiger partial charge in [0, 0.05) is 0 Å². The van der Waals surface area contributed by atoms with Crippen LogP contribution in [0.5, 0.6) is 0 Å². The molecule has 5 nitrogen and oxygen atoms in total. The summed E-state index contributed by atoms with van der Waals surface area (Å²) in [6.45, 7) is 7.17. The Kier molecular flexibility index (Phi) is 5.65. The Bertz CT molecular complexity index is 863. The van der Waals surface area contributed by atoms with E-state index < -0.39 is 22.0 Å². The van der Waals surface area contributed by atoms with Crippen LogP contribution in [0.2, 0.25) is 0 Å². The SMILES string of the molecule is Cc1cc(C)c(C)c(S(=O)(=O)N[C@H](Cc2ccccc2)C(=O)O)c1C. The first-order valence-corrected chi connectivity index (χ1v) is 9.48. The highest BCUT2D eigenvalue weighted by Crippen LogP contribution is 2.26. The molecule has 2 rings (SSSR count). The standard InChI is InChI=1S/C19H23NO4S/c1-12-10-13(2)15(4)18(14(12)3)25(23,24)20-17(19(21)22)11-16-8-6-5-7-9-16/h5-10,17,20H,11H2,1-4H3,(H,21,22)/t17-/m1/s1. The smallest absolute Gasteiger partial charge is 0.322 e. The molecular weight excluding hydrogens is 338 g/mol. The monoisotopic (exact) mass is 361 g/mol. The highest BCUT2D eigenvalue weighted by atomic mass is 32.2. The van der Waals surface area contributed by atoms with Crippen molar-refractivity contribution < 1.29 is 18.3 Å². The van der Waals surface area contributed by atoms with Crippen molar-refractivity contribution in [2.75, 3.05) is 0 Å². The van der Waals surface area contributed by atoms with E-state index in [0.29, 0.717) is 11.1 Å². The van der Waals surface area contributed by atoms with Crippen LogP contribution in [0.4, 0.5) is 0 Å². The van der Waals surface area contributed by atoms with Gasteiger partial charge in [0.15, 0.2) is 0 Å². The van der Waals surface area contributed by atoms with E-state index in [-0.39, 0.29) is 11.3 Å². The highest BCUT2D eigenvalue weighted by Gasteiger charge is 2.28. The summed E-state index contributed by atoms with van der Waals surface area (Å²) in [5.74, 6) is -1.20. The van der Waals surface area contributed by atoms with Crippen LogP contribution in [0.1, 0.15) is 27.8 Å². The first-order valence-electron chi connectivity index (χ1n) is 8.00. The molecule has 0 aliphatic heterocycles. The fourth-order valence-electron chi connectivity index (χ4n) is 2.86. The van der Waals surface area contributed by atoms with Gasteiger partial charge in [0.25, 0.3) is 0 Å². The zero-order valence-electron chi connectivity index (χ0n) is 14.8. The number of benzene rings is 2. The Morgan fingerprint density at radius 1 is 1.04 bits per heavy atom. The molecule has 2 N–H and O–H groups in total. The van der Waals surface area contributed by atoms with Crippen LogP contribution in [0, 0.1) is 27.7 Å².